The topological polar surface area (TPSA) is 67.4 Å². The number of carbonyl (C=O) groups excluding carboxylic acids is 2. The van der Waals surface area contributed by atoms with E-state index in [1.165, 1.54) is 0 Å². The van der Waals surface area contributed by atoms with Gasteiger partial charge in [-0.15, -0.1) is 0 Å². The lowest BCUT2D eigenvalue weighted by Gasteiger charge is -2.13. The summed E-state index contributed by atoms with van der Waals surface area (Å²) in [6.07, 6.45) is 3.36. The Morgan fingerprint density at radius 1 is 1.04 bits per heavy atom. The molecule has 1 atom stereocenters. The minimum absolute atomic E-state index is 0.0892. The molecule has 136 valence electrons. The number of anilines is 2. The summed E-state index contributed by atoms with van der Waals surface area (Å²) in [6, 6.07) is 13.8. The summed E-state index contributed by atoms with van der Waals surface area (Å²) < 4.78 is 5.54. The number of carbonyl (C=O) groups is 2. The van der Waals surface area contributed by atoms with Gasteiger partial charge in [0, 0.05) is 23.6 Å². The number of halogens is 1. The number of amides is 2. The highest BCUT2D eigenvalue weighted by atomic mass is 35.5. The fourth-order valence-corrected chi connectivity index (χ4v) is 3.00. The number of para-hydroxylation sites is 2. The van der Waals surface area contributed by atoms with Crippen molar-refractivity contribution < 1.29 is 14.3 Å². The molecular weight excluding hydrogens is 352 g/mol. The van der Waals surface area contributed by atoms with Crippen LogP contribution in [0.4, 0.5) is 11.4 Å². The Labute approximate surface area is 157 Å². The third kappa shape index (κ3) is 5.07. The molecule has 0 aromatic heterocycles. The van der Waals surface area contributed by atoms with E-state index in [1.54, 1.807) is 42.5 Å². The van der Waals surface area contributed by atoms with Crippen LogP contribution in [0.2, 0.25) is 5.02 Å². The van der Waals surface area contributed by atoms with Crippen molar-refractivity contribution in [2.45, 2.75) is 31.8 Å². The van der Waals surface area contributed by atoms with Crippen molar-refractivity contribution in [2.75, 3.05) is 17.2 Å². The van der Waals surface area contributed by atoms with E-state index in [9.17, 15) is 9.59 Å². The van der Waals surface area contributed by atoms with Gasteiger partial charge in [0.15, 0.2) is 0 Å². The molecule has 1 saturated heterocycles. The summed E-state index contributed by atoms with van der Waals surface area (Å²) in [6.45, 7) is 0.784. The van der Waals surface area contributed by atoms with Gasteiger partial charge in [0.1, 0.15) is 0 Å². The van der Waals surface area contributed by atoms with Crippen LogP contribution in [0.25, 0.3) is 0 Å². The minimum Gasteiger partial charge on any atom is -0.378 e. The SMILES string of the molecule is O=C(CCC1CCCO1)Nc1ccccc1NC(=O)c1ccc(Cl)cc1. The molecular formula is C20H21ClN2O3. The molecule has 0 spiro atoms. The van der Waals surface area contributed by atoms with Gasteiger partial charge in [0.2, 0.25) is 5.91 Å². The van der Waals surface area contributed by atoms with Gasteiger partial charge in [0.05, 0.1) is 17.5 Å². The van der Waals surface area contributed by atoms with Crippen molar-refractivity contribution >= 4 is 34.8 Å². The second-order valence-electron chi connectivity index (χ2n) is 6.23. The first-order valence-corrected chi connectivity index (χ1v) is 9.07. The highest BCUT2D eigenvalue weighted by Crippen LogP contribution is 2.23. The van der Waals surface area contributed by atoms with Crippen LogP contribution in [0.15, 0.2) is 48.5 Å². The van der Waals surface area contributed by atoms with Crippen LogP contribution in [0.3, 0.4) is 0 Å². The molecule has 0 radical (unpaired) electrons. The van der Waals surface area contributed by atoms with E-state index in [2.05, 4.69) is 10.6 Å². The Hall–Kier alpha value is -2.37. The van der Waals surface area contributed by atoms with Crippen molar-refractivity contribution in [2.24, 2.45) is 0 Å². The molecule has 2 N–H and O–H groups in total. The highest BCUT2D eigenvalue weighted by molar-refractivity contribution is 6.30. The van der Waals surface area contributed by atoms with Gasteiger partial charge in [-0.3, -0.25) is 9.59 Å². The molecule has 26 heavy (non-hydrogen) atoms. The van der Waals surface area contributed by atoms with Gasteiger partial charge in [-0.2, -0.15) is 0 Å². The molecule has 0 saturated carbocycles. The fraction of sp³-hybridized carbons (Fsp3) is 0.300. The van der Waals surface area contributed by atoms with E-state index in [0.717, 1.165) is 19.4 Å². The largest absolute Gasteiger partial charge is 0.378 e. The first-order valence-electron chi connectivity index (χ1n) is 8.69. The average molecular weight is 373 g/mol. The third-order valence-electron chi connectivity index (χ3n) is 4.27. The van der Waals surface area contributed by atoms with Crippen LogP contribution < -0.4 is 10.6 Å². The van der Waals surface area contributed by atoms with Gasteiger partial charge in [-0.25, -0.2) is 0 Å². The summed E-state index contributed by atoms with van der Waals surface area (Å²) in [5.41, 5.74) is 1.62. The predicted molar refractivity (Wildman–Crippen MR) is 103 cm³/mol. The van der Waals surface area contributed by atoms with Crippen LogP contribution in [-0.2, 0) is 9.53 Å². The second-order valence-corrected chi connectivity index (χ2v) is 6.66. The second kappa shape index (κ2) is 8.83. The number of nitrogens with one attached hydrogen (secondary N) is 2. The first kappa shape index (κ1) is 18.4. The Morgan fingerprint density at radius 2 is 1.73 bits per heavy atom. The molecule has 1 aliphatic heterocycles. The number of benzene rings is 2. The lowest BCUT2D eigenvalue weighted by molar-refractivity contribution is -0.116. The molecule has 2 aromatic carbocycles. The minimum atomic E-state index is -0.261. The maximum Gasteiger partial charge on any atom is 0.255 e. The summed E-state index contributed by atoms with van der Waals surface area (Å²) in [7, 11) is 0. The molecule has 2 amide bonds. The summed E-state index contributed by atoms with van der Waals surface area (Å²) in [4.78, 5) is 24.6. The number of hydrogen-bond acceptors (Lipinski definition) is 3. The van der Waals surface area contributed by atoms with Crippen LogP contribution in [0.5, 0.6) is 0 Å². The third-order valence-corrected chi connectivity index (χ3v) is 4.53. The van der Waals surface area contributed by atoms with Gasteiger partial charge in [-0.05, 0) is 55.7 Å². The van der Waals surface area contributed by atoms with Gasteiger partial charge >= 0.3 is 0 Å². The maximum atomic E-state index is 12.4. The molecule has 1 fully saturated rings. The number of ether oxygens (including phenoxy) is 1. The van der Waals surface area contributed by atoms with Crippen molar-refractivity contribution in [3.63, 3.8) is 0 Å². The Kier molecular flexibility index (Phi) is 6.26. The van der Waals surface area contributed by atoms with Crippen LogP contribution >= 0.6 is 11.6 Å². The summed E-state index contributed by atoms with van der Waals surface area (Å²) in [5.74, 6) is -0.351. The van der Waals surface area contributed by atoms with Crippen molar-refractivity contribution in [1.82, 2.24) is 0 Å². The lowest BCUT2D eigenvalue weighted by atomic mass is 10.1. The number of rotatable bonds is 6. The van der Waals surface area contributed by atoms with E-state index < -0.39 is 0 Å². The molecule has 1 aliphatic rings. The predicted octanol–water partition coefficient (Wildman–Crippen LogP) is 4.49. The van der Waals surface area contributed by atoms with E-state index in [1.807, 2.05) is 6.07 Å². The molecule has 1 unspecified atom stereocenters. The molecule has 0 aliphatic carbocycles. The molecule has 2 aromatic rings. The van der Waals surface area contributed by atoms with Crippen LogP contribution in [0.1, 0.15) is 36.0 Å². The van der Waals surface area contributed by atoms with Crippen molar-refractivity contribution in [1.29, 1.82) is 0 Å². The summed E-state index contributed by atoms with van der Waals surface area (Å²) in [5, 5.41) is 6.27. The quantitative estimate of drug-likeness (QED) is 0.785. The first-order chi connectivity index (χ1) is 12.6. The van der Waals surface area contributed by atoms with Gasteiger partial charge in [0.25, 0.3) is 5.91 Å². The molecule has 3 rings (SSSR count). The highest BCUT2D eigenvalue weighted by Gasteiger charge is 2.17. The number of hydrogen-bond donors (Lipinski definition) is 2. The molecule has 0 bridgehead atoms. The van der Waals surface area contributed by atoms with Crippen LogP contribution in [-0.4, -0.2) is 24.5 Å². The normalized spacial score (nSPS) is 16.3. The Balaban J connectivity index is 1.60. The van der Waals surface area contributed by atoms with Gasteiger partial charge < -0.3 is 15.4 Å². The average Bonchev–Trinajstić information content (AvgIpc) is 3.16. The van der Waals surface area contributed by atoms with Crippen molar-refractivity contribution in [3.05, 3.63) is 59.1 Å². The zero-order chi connectivity index (χ0) is 18.4. The smallest absolute Gasteiger partial charge is 0.255 e. The van der Waals surface area contributed by atoms with Crippen LogP contribution in [0, 0.1) is 0 Å². The van der Waals surface area contributed by atoms with E-state index in [4.69, 9.17) is 16.3 Å². The standard InChI is InChI=1S/C20H21ClN2O3/c21-15-9-7-14(8-10-15)20(25)23-18-6-2-1-5-17(18)22-19(24)12-11-16-4-3-13-26-16/h1-2,5-10,16H,3-4,11-13H2,(H,22,24)(H,23,25). The Bertz CT molecular complexity index is 771. The molecule has 6 heteroatoms. The lowest BCUT2D eigenvalue weighted by Crippen LogP contribution is -2.18. The molecule has 5 nitrogen and oxygen atoms in total. The maximum absolute atomic E-state index is 12.4. The molecule has 1 heterocycles. The van der Waals surface area contributed by atoms with E-state index in [-0.39, 0.29) is 17.9 Å². The van der Waals surface area contributed by atoms with E-state index >= 15 is 0 Å². The fourth-order valence-electron chi connectivity index (χ4n) is 2.87. The van der Waals surface area contributed by atoms with Gasteiger partial charge in [-0.1, -0.05) is 23.7 Å². The van der Waals surface area contributed by atoms with E-state index in [0.29, 0.717) is 34.8 Å². The Morgan fingerprint density at radius 3 is 2.38 bits per heavy atom. The zero-order valence-electron chi connectivity index (χ0n) is 14.3. The van der Waals surface area contributed by atoms with Crippen molar-refractivity contribution in [3.8, 4) is 0 Å². The monoisotopic (exact) mass is 372 g/mol. The zero-order valence-corrected chi connectivity index (χ0v) is 15.1. The summed E-state index contributed by atoms with van der Waals surface area (Å²) >= 11 is 5.85.